The van der Waals surface area contributed by atoms with Crippen molar-refractivity contribution in [3.8, 4) is 0 Å². The van der Waals surface area contributed by atoms with E-state index in [1.807, 2.05) is 13.0 Å². The largest absolute Gasteiger partial charge is 0.466 e. The lowest BCUT2D eigenvalue weighted by Crippen LogP contribution is -1.98. The van der Waals surface area contributed by atoms with Gasteiger partial charge in [-0.25, -0.2) is 4.79 Å². The van der Waals surface area contributed by atoms with Gasteiger partial charge in [0.1, 0.15) is 11.5 Å². The Bertz CT molecular complexity index is 554. The summed E-state index contributed by atoms with van der Waals surface area (Å²) in [5.41, 5.74) is 2.74. The number of furan rings is 1. The summed E-state index contributed by atoms with van der Waals surface area (Å²) in [5, 5.41) is 0. The van der Waals surface area contributed by atoms with Crippen LogP contribution in [-0.4, -0.2) is 12.6 Å². The normalized spacial score (nSPS) is 11.4. The number of allylic oxidation sites excluding steroid dienone is 1. The summed E-state index contributed by atoms with van der Waals surface area (Å²) in [7, 11) is 0. The van der Waals surface area contributed by atoms with Crippen molar-refractivity contribution < 1.29 is 13.9 Å². The van der Waals surface area contributed by atoms with E-state index in [1.54, 1.807) is 6.08 Å². The van der Waals surface area contributed by atoms with E-state index < -0.39 is 0 Å². The average Bonchev–Trinajstić information content (AvgIpc) is 2.92. The smallest absolute Gasteiger partial charge is 0.330 e. The van der Waals surface area contributed by atoms with Gasteiger partial charge >= 0.3 is 5.97 Å². The molecule has 0 spiro atoms. The molecule has 0 atom stereocenters. The third-order valence-corrected chi connectivity index (χ3v) is 5.22. The van der Waals surface area contributed by atoms with Crippen LogP contribution in [0.1, 0.15) is 101 Å². The van der Waals surface area contributed by atoms with E-state index in [-0.39, 0.29) is 5.97 Å². The first-order valence-corrected chi connectivity index (χ1v) is 11.0. The molecule has 0 aliphatic rings. The number of rotatable bonds is 15. The summed E-state index contributed by atoms with van der Waals surface area (Å²) in [6.45, 7) is 8.93. The molecule has 27 heavy (non-hydrogen) atoms. The topological polar surface area (TPSA) is 39.4 Å². The zero-order valence-electron chi connectivity index (χ0n) is 18.1. The van der Waals surface area contributed by atoms with Crippen molar-refractivity contribution in [1.82, 2.24) is 0 Å². The average molecular weight is 377 g/mol. The summed E-state index contributed by atoms with van der Waals surface area (Å²) in [4.78, 5) is 11.2. The second-order valence-electron chi connectivity index (χ2n) is 7.47. The van der Waals surface area contributed by atoms with Gasteiger partial charge in [-0.3, -0.25) is 0 Å². The van der Waals surface area contributed by atoms with Crippen LogP contribution in [0.25, 0.3) is 0 Å². The zero-order valence-corrected chi connectivity index (χ0v) is 18.1. The Morgan fingerprint density at radius 3 is 2.00 bits per heavy atom. The Balaban J connectivity index is 2.11. The Labute approximate surface area is 166 Å². The Hall–Kier alpha value is -1.51. The Kier molecular flexibility index (Phi) is 12.7. The van der Waals surface area contributed by atoms with Crippen molar-refractivity contribution in [3.05, 3.63) is 34.8 Å². The lowest BCUT2D eigenvalue weighted by molar-refractivity contribution is -0.137. The van der Waals surface area contributed by atoms with Crippen LogP contribution in [0, 0.1) is 13.8 Å². The third kappa shape index (κ3) is 9.83. The van der Waals surface area contributed by atoms with Crippen molar-refractivity contribution in [2.75, 3.05) is 6.61 Å². The monoisotopic (exact) mass is 376 g/mol. The first kappa shape index (κ1) is 23.5. The predicted octanol–water partition coefficient (Wildman–Crippen LogP) is 7.02. The second-order valence-corrected chi connectivity index (χ2v) is 7.47. The molecule has 0 saturated heterocycles. The number of esters is 1. The van der Waals surface area contributed by atoms with Crippen LogP contribution in [0.3, 0.4) is 0 Å². The van der Waals surface area contributed by atoms with Crippen molar-refractivity contribution >= 4 is 5.97 Å². The number of hydrogen-bond acceptors (Lipinski definition) is 3. The maximum atomic E-state index is 11.2. The van der Waals surface area contributed by atoms with E-state index >= 15 is 0 Å². The molecule has 1 aromatic rings. The molecule has 0 aliphatic heterocycles. The molecule has 0 bridgehead atoms. The van der Waals surface area contributed by atoms with Crippen LogP contribution in [0.4, 0.5) is 0 Å². The molecular formula is C24H40O3. The lowest BCUT2D eigenvalue weighted by Gasteiger charge is -2.01. The van der Waals surface area contributed by atoms with Gasteiger partial charge in [-0.05, 0) is 57.6 Å². The van der Waals surface area contributed by atoms with Crippen LogP contribution in [0.2, 0.25) is 0 Å². The van der Waals surface area contributed by atoms with Gasteiger partial charge in [0.25, 0.3) is 0 Å². The highest BCUT2D eigenvalue weighted by molar-refractivity contribution is 5.81. The fourth-order valence-electron chi connectivity index (χ4n) is 3.36. The van der Waals surface area contributed by atoms with E-state index in [4.69, 9.17) is 9.15 Å². The van der Waals surface area contributed by atoms with E-state index in [9.17, 15) is 4.79 Å². The lowest BCUT2D eigenvalue weighted by atomic mass is 10.0. The molecule has 0 saturated carbocycles. The number of ether oxygens (including phenoxy) is 1. The Morgan fingerprint density at radius 2 is 1.41 bits per heavy atom. The number of carbonyl (C=O) groups is 1. The molecule has 154 valence electrons. The molecular weight excluding hydrogens is 336 g/mol. The summed E-state index contributed by atoms with van der Waals surface area (Å²) >= 11 is 0. The Morgan fingerprint density at radius 1 is 0.852 bits per heavy atom. The molecule has 1 aromatic heterocycles. The van der Waals surface area contributed by atoms with Crippen LogP contribution in [0.15, 0.2) is 16.6 Å². The van der Waals surface area contributed by atoms with Gasteiger partial charge in [0.15, 0.2) is 0 Å². The standard InChI is InChI=1S/C24H40O3/c1-5-7-14-17-22-20(3)21(4)23(27-22)18-15-12-10-8-9-11-13-16-19-24(25)26-6-2/h16,19H,5-15,17-18H2,1-4H3/b19-16-. The highest BCUT2D eigenvalue weighted by Gasteiger charge is 2.12. The van der Waals surface area contributed by atoms with Crippen molar-refractivity contribution in [2.24, 2.45) is 0 Å². The second kappa shape index (κ2) is 14.5. The first-order valence-electron chi connectivity index (χ1n) is 11.0. The summed E-state index contributed by atoms with van der Waals surface area (Å²) in [6, 6.07) is 0. The van der Waals surface area contributed by atoms with Crippen LogP contribution >= 0.6 is 0 Å². The van der Waals surface area contributed by atoms with Gasteiger partial charge < -0.3 is 9.15 Å². The molecule has 0 amide bonds. The minimum Gasteiger partial charge on any atom is -0.466 e. The minimum absolute atomic E-state index is 0.227. The SMILES string of the molecule is CCCCCc1oc(CCCCCCCC/C=C\C(=O)OCC)c(C)c1C. The summed E-state index contributed by atoms with van der Waals surface area (Å²) in [5.74, 6) is 2.20. The van der Waals surface area contributed by atoms with Gasteiger partial charge in [-0.1, -0.05) is 51.5 Å². The van der Waals surface area contributed by atoms with Gasteiger partial charge in [0.05, 0.1) is 6.61 Å². The fourth-order valence-corrected chi connectivity index (χ4v) is 3.36. The molecule has 3 nitrogen and oxygen atoms in total. The quantitative estimate of drug-likeness (QED) is 0.187. The predicted molar refractivity (Wildman–Crippen MR) is 113 cm³/mol. The highest BCUT2D eigenvalue weighted by atomic mass is 16.5. The first-order chi connectivity index (χ1) is 13.1. The third-order valence-electron chi connectivity index (χ3n) is 5.22. The maximum absolute atomic E-state index is 11.2. The highest BCUT2D eigenvalue weighted by Crippen LogP contribution is 2.25. The van der Waals surface area contributed by atoms with Crippen LogP contribution in [-0.2, 0) is 22.4 Å². The van der Waals surface area contributed by atoms with Crippen LogP contribution < -0.4 is 0 Å². The number of carbonyl (C=O) groups excluding carboxylic acids is 1. The number of aryl methyl sites for hydroxylation is 2. The molecule has 0 fully saturated rings. The molecule has 0 aromatic carbocycles. The number of unbranched alkanes of at least 4 members (excludes halogenated alkanes) is 8. The molecule has 3 heteroatoms. The molecule has 1 rings (SSSR count). The van der Waals surface area contributed by atoms with Crippen LogP contribution in [0.5, 0.6) is 0 Å². The van der Waals surface area contributed by atoms with Crippen molar-refractivity contribution in [2.45, 2.75) is 105 Å². The minimum atomic E-state index is -0.227. The molecule has 1 heterocycles. The maximum Gasteiger partial charge on any atom is 0.330 e. The molecule has 0 unspecified atom stereocenters. The molecule has 0 aliphatic carbocycles. The van der Waals surface area contributed by atoms with E-state index in [0.717, 1.165) is 25.7 Å². The summed E-state index contributed by atoms with van der Waals surface area (Å²) < 4.78 is 11.0. The molecule has 0 radical (unpaired) electrons. The molecule has 0 N–H and O–H groups in total. The van der Waals surface area contributed by atoms with Crippen molar-refractivity contribution in [3.63, 3.8) is 0 Å². The summed E-state index contributed by atoms with van der Waals surface area (Å²) in [6.07, 6.45) is 17.8. The van der Waals surface area contributed by atoms with Gasteiger partial charge in [0.2, 0.25) is 0 Å². The fraction of sp³-hybridized carbons (Fsp3) is 0.708. The van der Waals surface area contributed by atoms with E-state index in [0.29, 0.717) is 6.61 Å². The van der Waals surface area contributed by atoms with Gasteiger partial charge in [0, 0.05) is 18.9 Å². The zero-order chi connectivity index (χ0) is 19.9. The van der Waals surface area contributed by atoms with Crippen molar-refractivity contribution in [1.29, 1.82) is 0 Å². The van der Waals surface area contributed by atoms with E-state index in [2.05, 4.69) is 20.8 Å². The van der Waals surface area contributed by atoms with Gasteiger partial charge in [-0.2, -0.15) is 0 Å². The van der Waals surface area contributed by atoms with Gasteiger partial charge in [-0.15, -0.1) is 0 Å². The number of hydrogen-bond donors (Lipinski definition) is 0. The van der Waals surface area contributed by atoms with E-state index in [1.165, 1.54) is 74.0 Å².